The lowest BCUT2D eigenvalue weighted by Crippen LogP contribution is -2.40. The molecule has 2 aromatic rings. The first-order valence-electron chi connectivity index (χ1n) is 8.99. The summed E-state index contributed by atoms with van der Waals surface area (Å²) in [5.74, 6) is 0.288. The SMILES string of the molecule is N#CCCN1CC2CC(NS(=O)(=O)c3cccc(Cl)c3)Cc3cccc1c32. The number of rotatable bonds is 5. The minimum Gasteiger partial charge on any atom is -0.370 e. The van der Waals surface area contributed by atoms with Gasteiger partial charge in [-0.2, -0.15) is 5.26 Å². The Morgan fingerprint density at radius 2 is 2.07 bits per heavy atom. The average Bonchev–Trinajstić information content (AvgIpc) is 2.99. The van der Waals surface area contributed by atoms with Crippen molar-refractivity contribution in [3.05, 3.63) is 58.6 Å². The molecule has 1 aliphatic heterocycles. The zero-order valence-electron chi connectivity index (χ0n) is 14.7. The minimum absolute atomic E-state index is 0.155. The first-order valence-corrected chi connectivity index (χ1v) is 10.9. The Kier molecular flexibility index (Phi) is 4.85. The fourth-order valence-corrected chi connectivity index (χ4v) is 5.82. The van der Waals surface area contributed by atoms with E-state index in [2.05, 4.69) is 27.8 Å². The van der Waals surface area contributed by atoms with Crippen LogP contribution in [0.25, 0.3) is 0 Å². The third-order valence-corrected chi connectivity index (χ3v) is 7.07. The van der Waals surface area contributed by atoms with Crippen LogP contribution in [-0.2, 0) is 16.4 Å². The van der Waals surface area contributed by atoms with E-state index in [0.29, 0.717) is 24.4 Å². The highest BCUT2D eigenvalue weighted by Gasteiger charge is 2.37. The molecule has 1 N–H and O–H groups in total. The molecule has 0 spiro atoms. The Balaban J connectivity index is 1.56. The van der Waals surface area contributed by atoms with Crippen LogP contribution < -0.4 is 9.62 Å². The molecule has 2 atom stereocenters. The van der Waals surface area contributed by atoms with E-state index in [1.807, 2.05) is 6.07 Å². The molecule has 0 saturated heterocycles. The Morgan fingerprint density at radius 1 is 1.26 bits per heavy atom. The first-order chi connectivity index (χ1) is 13.0. The summed E-state index contributed by atoms with van der Waals surface area (Å²) >= 11 is 5.95. The number of sulfonamides is 1. The predicted molar refractivity (Wildman–Crippen MR) is 106 cm³/mol. The molecule has 0 amide bonds. The highest BCUT2D eigenvalue weighted by atomic mass is 35.5. The molecule has 0 fully saturated rings. The van der Waals surface area contributed by atoms with E-state index >= 15 is 0 Å². The quantitative estimate of drug-likeness (QED) is 0.832. The molecule has 0 aromatic heterocycles. The van der Waals surface area contributed by atoms with Gasteiger partial charge in [0.1, 0.15) is 0 Å². The maximum atomic E-state index is 12.8. The normalized spacial score (nSPS) is 21.0. The van der Waals surface area contributed by atoms with E-state index in [-0.39, 0.29) is 16.9 Å². The van der Waals surface area contributed by atoms with Crippen molar-refractivity contribution < 1.29 is 8.42 Å². The molecule has 5 nitrogen and oxygen atoms in total. The Hall–Kier alpha value is -2.07. The summed E-state index contributed by atoms with van der Waals surface area (Å²) in [6, 6.07) is 14.6. The van der Waals surface area contributed by atoms with Gasteiger partial charge in [-0.1, -0.05) is 29.8 Å². The smallest absolute Gasteiger partial charge is 0.240 e. The van der Waals surface area contributed by atoms with E-state index in [0.717, 1.165) is 13.0 Å². The van der Waals surface area contributed by atoms with Crippen LogP contribution in [0.2, 0.25) is 5.02 Å². The highest BCUT2D eigenvalue weighted by Crippen LogP contribution is 2.44. The maximum Gasteiger partial charge on any atom is 0.240 e. The molecule has 2 aromatic carbocycles. The van der Waals surface area contributed by atoms with E-state index in [9.17, 15) is 8.42 Å². The second-order valence-corrected chi connectivity index (χ2v) is 9.27. The number of nitriles is 1. The Labute approximate surface area is 164 Å². The monoisotopic (exact) mass is 401 g/mol. The van der Waals surface area contributed by atoms with E-state index in [1.165, 1.54) is 22.9 Å². The van der Waals surface area contributed by atoms with Gasteiger partial charge >= 0.3 is 0 Å². The fraction of sp³-hybridized carbons (Fsp3) is 0.350. The van der Waals surface area contributed by atoms with Gasteiger partial charge in [0.2, 0.25) is 10.0 Å². The minimum atomic E-state index is -3.62. The van der Waals surface area contributed by atoms with Crippen LogP contribution >= 0.6 is 11.6 Å². The highest BCUT2D eigenvalue weighted by molar-refractivity contribution is 7.89. The van der Waals surface area contributed by atoms with E-state index in [1.54, 1.807) is 18.2 Å². The van der Waals surface area contributed by atoms with Crippen molar-refractivity contribution in [1.82, 2.24) is 4.72 Å². The maximum absolute atomic E-state index is 12.8. The van der Waals surface area contributed by atoms with Crippen molar-refractivity contribution in [3.63, 3.8) is 0 Å². The summed E-state index contributed by atoms with van der Waals surface area (Å²) in [6.07, 6.45) is 1.92. The number of nitrogens with one attached hydrogen (secondary N) is 1. The van der Waals surface area contributed by atoms with Crippen molar-refractivity contribution in [3.8, 4) is 6.07 Å². The lowest BCUT2D eigenvalue weighted by atomic mass is 9.82. The fourth-order valence-electron chi connectivity index (χ4n) is 4.27. The molecule has 7 heteroatoms. The van der Waals surface area contributed by atoms with Crippen LogP contribution in [0.4, 0.5) is 5.69 Å². The molecule has 140 valence electrons. The molecular weight excluding hydrogens is 382 g/mol. The summed E-state index contributed by atoms with van der Waals surface area (Å²) in [5, 5.41) is 9.30. The van der Waals surface area contributed by atoms with Gasteiger partial charge in [-0.15, -0.1) is 0 Å². The summed E-state index contributed by atoms with van der Waals surface area (Å²) in [4.78, 5) is 2.44. The second-order valence-electron chi connectivity index (χ2n) is 7.12. The van der Waals surface area contributed by atoms with Crippen LogP contribution in [-0.4, -0.2) is 27.5 Å². The van der Waals surface area contributed by atoms with Crippen molar-refractivity contribution in [2.45, 2.75) is 36.1 Å². The van der Waals surface area contributed by atoms with Gasteiger partial charge in [0, 0.05) is 35.8 Å². The van der Waals surface area contributed by atoms with Crippen molar-refractivity contribution in [2.75, 3.05) is 18.0 Å². The van der Waals surface area contributed by atoms with Crippen LogP contribution in [0.1, 0.15) is 29.9 Å². The average molecular weight is 402 g/mol. The van der Waals surface area contributed by atoms with E-state index in [4.69, 9.17) is 16.9 Å². The van der Waals surface area contributed by atoms with Gasteiger partial charge in [0.25, 0.3) is 0 Å². The third-order valence-electron chi connectivity index (χ3n) is 5.32. The predicted octanol–water partition coefficient (Wildman–Crippen LogP) is 3.45. The van der Waals surface area contributed by atoms with Crippen LogP contribution in [0.5, 0.6) is 0 Å². The molecule has 27 heavy (non-hydrogen) atoms. The van der Waals surface area contributed by atoms with Gasteiger partial charge in [0.15, 0.2) is 0 Å². The summed E-state index contributed by atoms with van der Waals surface area (Å²) in [7, 11) is -3.62. The number of halogens is 1. The van der Waals surface area contributed by atoms with Crippen molar-refractivity contribution in [2.24, 2.45) is 0 Å². The molecule has 4 rings (SSSR count). The number of hydrogen-bond donors (Lipinski definition) is 1. The molecule has 1 aliphatic carbocycles. The second kappa shape index (κ2) is 7.16. The summed E-state index contributed by atoms with van der Waals surface area (Å²) in [6.45, 7) is 1.55. The summed E-state index contributed by atoms with van der Waals surface area (Å²) < 4.78 is 28.4. The van der Waals surface area contributed by atoms with Gasteiger partial charge in [0.05, 0.1) is 17.4 Å². The molecule has 2 aliphatic rings. The third kappa shape index (κ3) is 3.55. The number of benzene rings is 2. The Morgan fingerprint density at radius 3 is 2.85 bits per heavy atom. The topological polar surface area (TPSA) is 73.2 Å². The van der Waals surface area contributed by atoms with Crippen molar-refractivity contribution >= 4 is 27.3 Å². The molecule has 2 unspecified atom stereocenters. The summed E-state index contributed by atoms with van der Waals surface area (Å²) in [5.41, 5.74) is 3.72. The Bertz CT molecular complexity index is 1020. The van der Waals surface area contributed by atoms with Gasteiger partial charge in [-0.05, 0) is 48.2 Å². The standard InChI is InChI=1S/C20H20ClN3O2S/c21-16-5-2-6-18(12-16)27(25,26)23-17-10-14-4-1-7-19-20(14)15(11-17)13-24(19)9-3-8-22/h1-2,4-7,12,15,17,23H,3,9-11,13H2. The molecule has 0 radical (unpaired) electrons. The number of nitrogens with zero attached hydrogens (tertiary/aromatic N) is 2. The zero-order chi connectivity index (χ0) is 19.0. The van der Waals surface area contributed by atoms with E-state index < -0.39 is 10.0 Å². The lowest BCUT2D eigenvalue weighted by Gasteiger charge is -2.29. The van der Waals surface area contributed by atoms with Gasteiger partial charge in [-0.3, -0.25) is 0 Å². The molecule has 1 heterocycles. The molecule has 0 saturated carbocycles. The number of hydrogen-bond acceptors (Lipinski definition) is 4. The first kappa shape index (κ1) is 18.3. The van der Waals surface area contributed by atoms with Crippen molar-refractivity contribution in [1.29, 1.82) is 5.26 Å². The van der Waals surface area contributed by atoms with Crippen LogP contribution in [0.15, 0.2) is 47.4 Å². The lowest BCUT2D eigenvalue weighted by molar-refractivity contribution is 0.465. The van der Waals surface area contributed by atoms with Gasteiger partial charge in [-0.25, -0.2) is 13.1 Å². The van der Waals surface area contributed by atoms with Gasteiger partial charge < -0.3 is 4.90 Å². The zero-order valence-corrected chi connectivity index (χ0v) is 16.3. The number of anilines is 1. The van der Waals surface area contributed by atoms with Crippen LogP contribution in [0.3, 0.4) is 0 Å². The van der Waals surface area contributed by atoms with Crippen LogP contribution in [0, 0.1) is 11.3 Å². The molecule has 0 bridgehead atoms. The molecular formula is C20H20ClN3O2S. The largest absolute Gasteiger partial charge is 0.370 e.